The monoisotopic (exact) mass is 355 g/mol. The van der Waals surface area contributed by atoms with Gasteiger partial charge < -0.3 is 9.42 Å². The fraction of sp³-hybridized carbons (Fsp3) is 0.200. The molecule has 0 amide bonds. The summed E-state index contributed by atoms with van der Waals surface area (Å²) in [4.78, 5) is 9.72. The predicted octanol–water partition coefficient (Wildman–Crippen LogP) is 4.67. The minimum absolute atomic E-state index is 0.433. The molecule has 25 heavy (non-hydrogen) atoms. The second-order valence-corrected chi connectivity index (χ2v) is 8.00. The molecule has 2 aromatic rings. The highest BCUT2D eigenvalue weighted by Crippen LogP contribution is 2.44. The van der Waals surface area contributed by atoms with Crippen molar-refractivity contribution in [3.8, 4) is 0 Å². The topological polar surface area (TPSA) is 49.8 Å². The first-order valence-corrected chi connectivity index (χ1v) is 9.73. The van der Waals surface area contributed by atoms with Gasteiger partial charge in [-0.3, -0.25) is 0 Å². The highest BCUT2D eigenvalue weighted by molar-refractivity contribution is 7.50. The van der Waals surface area contributed by atoms with Gasteiger partial charge >= 0.3 is 7.75 Å². The first kappa shape index (κ1) is 17.8. The van der Waals surface area contributed by atoms with Crippen LogP contribution < -0.4 is 0 Å². The first-order chi connectivity index (χ1) is 12.0. The normalized spacial score (nSPS) is 15.3. The van der Waals surface area contributed by atoms with Crippen molar-refractivity contribution in [2.75, 3.05) is 20.7 Å². The van der Waals surface area contributed by atoms with E-state index in [2.05, 4.69) is 47.0 Å². The van der Waals surface area contributed by atoms with Crippen molar-refractivity contribution in [3.05, 3.63) is 76.9 Å². The van der Waals surface area contributed by atoms with Crippen LogP contribution in [0.5, 0.6) is 0 Å². The van der Waals surface area contributed by atoms with Gasteiger partial charge in [0, 0.05) is 13.7 Å². The van der Waals surface area contributed by atoms with Crippen LogP contribution in [0.3, 0.4) is 0 Å². The molecule has 0 spiro atoms. The average molecular weight is 355 g/mol. The lowest BCUT2D eigenvalue weighted by atomic mass is 9.93. The largest absolute Gasteiger partial charge is 0.405 e. The van der Waals surface area contributed by atoms with E-state index in [0.29, 0.717) is 13.0 Å². The molecule has 0 saturated carbocycles. The minimum atomic E-state index is -3.68. The van der Waals surface area contributed by atoms with Crippen molar-refractivity contribution in [1.82, 2.24) is 4.67 Å². The lowest BCUT2D eigenvalue weighted by molar-refractivity contribution is 0.253. The predicted molar refractivity (Wildman–Crippen MR) is 103 cm³/mol. The van der Waals surface area contributed by atoms with E-state index in [0.717, 1.165) is 5.57 Å². The Balaban J connectivity index is 1.95. The van der Waals surface area contributed by atoms with E-state index < -0.39 is 7.75 Å². The van der Waals surface area contributed by atoms with Crippen molar-refractivity contribution in [1.29, 1.82) is 0 Å². The van der Waals surface area contributed by atoms with E-state index in [1.165, 1.54) is 34.0 Å². The lowest BCUT2D eigenvalue weighted by Crippen LogP contribution is -2.16. The number of hydrogen-bond acceptors (Lipinski definition) is 2. The summed E-state index contributed by atoms with van der Waals surface area (Å²) >= 11 is 0. The smallest absolute Gasteiger partial charge is 0.312 e. The second kappa shape index (κ2) is 7.51. The van der Waals surface area contributed by atoms with Crippen molar-refractivity contribution in [2.45, 2.75) is 6.42 Å². The van der Waals surface area contributed by atoms with E-state index in [1.807, 2.05) is 24.3 Å². The maximum absolute atomic E-state index is 11.8. The van der Waals surface area contributed by atoms with Gasteiger partial charge in [0.2, 0.25) is 0 Å². The van der Waals surface area contributed by atoms with Crippen LogP contribution >= 0.6 is 7.75 Å². The molecule has 3 rings (SSSR count). The number of fused-ring (bicyclic) bond motifs is 2. The zero-order valence-corrected chi connectivity index (χ0v) is 15.3. The third-order valence-corrected chi connectivity index (χ3v) is 5.95. The summed E-state index contributed by atoms with van der Waals surface area (Å²) in [6, 6.07) is 16.6. The molecule has 0 aromatic heterocycles. The van der Waals surface area contributed by atoms with Crippen LogP contribution in [0.4, 0.5) is 0 Å². The standard InChI is InChI=1S/C20H22NO3P/c1-21(25(22,23)24-2)15-7-12-20-18-10-5-3-8-16(18)13-14-17-9-4-6-11-19(17)20/h3-6,8-14H,7,15H2,1-2H3,(H,22,23). The van der Waals surface area contributed by atoms with Crippen LogP contribution in [-0.2, 0) is 9.09 Å². The molecule has 4 nitrogen and oxygen atoms in total. The van der Waals surface area contributed by atoms with Crippen LogP contribution in [0, 0.1) is 0 Å². The highest BCUT2D eigenvalue weighted by atomic mass is 31.2. The highest BCUT2D eigenvalue weighted by Gasteiger charge is 2.23. The molecule has 0 saturated heterocycles. The van der Waals surface area contributed by atoms with Crippen molar-refractivity contribution in [2.24, 2.45) is 0 Å². The summed E-state index contributed by atoms with van der Waals surface area (Å²) in [7, 11) is -0.838. The number of rotatable bonds is 5. The molecule has 0 aliphatic heterocycles. The maximum atomic E-state index is 11.8. The van der Waals surface area contributed by atoms with E-state index >= 15 is 0 Å². The molecule has 1 unspecified atom stereocenters. The lowest BCUT2D eigenvalue weighted by Gasteiger charge is -2.20. The van der Waals surface area contributed by atoms with Gasteiger partial charge in [0.1, 0.15) is 0 Å². The number of hydrogen-bond donors (Lipinski definition) is 1. The van der Waals surface area contributed by atoms with Gasteiger partial charge in [0.15, 0.2) is 0 Å². The zero-order chi connectivity index (χ0) is 17.9. The Kier molecular flexibility index (Phi) is 5.36. The summed E-state index contributed by atoms with van der Waals surface area (Å²) in [6.07, 6.45) is 7.04. The molecular formula is C20H22NO3P. The molecule has 130 valence electrons. The Labute approximate surface area is 148 Å². The molecule has 1 N–H and O–H groups in total. The minimum Gasteiger partial charge on any atom is -0.312 e. The molecule has 1 atom stereocenters. The number of nitrogens with zero attached hydrogens (tertiary/aromatic N) is 1. The third-order valence-electron chi connectivity index (χ3n) is 4.41. The van der Waals surface area contributed by atoms with E-state index in [4.69, 9.17) is 0 Å². The fourth-order valence-corrected chi connectivity index (χ4v) is 3.63. The Morgan fingerprint density at radius 3 is 2.08 bits per heavy atom. The van der Waals surface area contributed by atoms with Crippen LogP contribution in [0.15, 0.2) is 54.6 Å². The van der Waals surface area contributed by atoms with Crippen LogP contribution in [0.2, 0.25) is 0 Å². The molecule has 5 heteroatoms. The zero-order valence-electron chi connectivity index (χ0n) is 14.4. The quantitative estimate of drug-likeness (QED) is 0.676. The molecule has 1 aliphatic carbocycles. The average Bonchev–Trinajstić information content (AvgIpc) is 2.79. The van der Waals surface area contributed by atoms with Gasteiger partial charge in [-0.15, -0.1) is 0 Å². The van der Waals surface area contributed by atoms with Crippen LogP contribution in [0.1, 0.15) is 28.7 Å². The Morgan fingerprint density at radius 1 is 1.04 bits per heavy atom. The van der Waals surface area contributed by atoms with Gasteiger partial charge in [-0.1, -0.05) is 66.8 Å². The summed E-state index contributed by atoms with van der Waals surface area (Å²) < 4.78 is 17.9. The molecule has 0 bridgehead atoms. The summed E-state index contributed by atoms with van der Waals surface area (Å²) in [5.74, 6) is 0. The van der Waals surface area contributed by atoms with Crippen molar-refractivity contribution in [3.63, 3.8) is 0 Å². The van der Waals surface area contributed by atoms with Gasteiger partial charge in [-0.05, 0) is 41.3 Å². The van der Waals surface area contributed by atoms with E-state index in [1.54, 1.807) is 7.05 Å². The Bertz CT molecular complexity index is 821. The third kappa shape index (κ3) is 3.83. The van der Waals surface area contributed by atoms with Gasteiger partial charge in [-0.2, -0.15) is 0 Å². The molecule has 1 aliphatic rings. The Hall–Kier alpha value is -1.97. The molecular weight excluding hydrogens is 333 g/mol. The summed E-state index contributed by atoms with van der Waals surface area (Å²) in [6.45, 7) is 0.433. The Morgan fingerprint density at radius 2 is 1.56 bits per heavy atom. The fourth-order valence-electron chi connectivity index (χ4n) is 2.98. The molecule has 2 aromatic carbocycles. The molecule has 0 fully saturated rings. The van der Waals surface area contributed by atoms with E-state index in [-0.39, 0.29) is 0 Å². The van der Waals surface area contributed by atoms with E-state index in [9.17, 15) is 9.46 Å². The van der Waals surface area contributed by atoms with Gasteiger partial charge in [-0.25, -0.2) is 9.24 Å². The van der Waals surface area contributed by atoms with Crippen LogP contribution in [0.25, 0.3) is 17.7 Å². The van der Waals surface area contributed by atoms with Gasteiger partial charge in [0.05, 0.1) is 0 Å². The van der Waals surface area contributed by atoms with Crippen LogP contribution in [-0.4, -0.2) is 30.3 Å². The van der Waals surface area contributed by atoms with Crippen molar-refractivity contribution >= 4 is 25.5 Å². The first-order valence-electron chi connectivity index (χ1n) is 8.20. The molecule has 0 heterocycles. The second-order valence-electron chi connectivity index (χ2n) is 5.97. The maximum Gasteiger partial charge on any atom is 0.405 e. The number of benzene rings is 2. The van der Waals surface area contributed by atoms with Gasteiger partial charge in [0.25, 0.3) is 0 Å². The van der Waals surface area contributed by atoms with Crippen molar-refractivity contribution < 1.29 is 14.0 Å². The SMILES string of the molecule is COP(=O)(O)N(C)CCC=C1c2ccccc2C=Cc2ccccc21. The summed E-state index contributed by atoms with van der Waals surface area (Å²) in [5, 5.41) is 0. The molecule has 0 radical (unpaired) electrons. The summed E-state index contributed by atoms with van der Waals surface area (Å²) in [5.41, 5.74) is 5.83.